The third-order valence-corrected chi connectivity index (χ3v) is 2.67. The lowest BCUT2D eigenvalue weighted by atomic mass is 9.88. The van der Waals surface area contributed by atoms with Crippen LogP contribution in [0.4, 0.5) is 4.39 Å². The molecule has 1 aromatic carbocycles. The number of rotatable bonds is 3. The van der Waals surface area contributed by atoms with E-state index < -0.39 is 0 Å². The molecule has 0 fully saturated rings. The fourth-order valence-corrected chi connectivity index (χ4v) is 2.10. The van der Waals surface area contributed by atoms with E-state index in [1.54, 1.807) is 6.07 Å². The van der Waals surface area contributed by atoms with Gasteiger partial charge in [-0.25, -0.2) is 4.39 Å². The molecule has 1 atom stereocenters. The van der Waals surface area contributed by atoms with E-state index in [0.717, 1.165) is 12.0 Å². The second kappa shape index (κ2) is 4.50. The predicted molar refractivity (Wildman–Crippen MR) is 62.7 cm³/mol. The van der Waals surface area contributed by atoms with Crippen LogP contribution in [0.25, 0.3) is 0 Å². The van der Waals surface area contributed by atoms with E-state index in [9.17, 15) is 4.39 Å². The predicted octanol–water partition coefficient (Wildman–Crippen LogP) is 3.71. The van der Waals surface area contributed by atoms with Crippen LogP contribution in [0.3, 0.4) is 0 Å². The summed E-state index contributed by atoms with van der Waals surface area (Å²) in [4.78, 5) is 0. The highest BCUT2D eigenvalue weighted by atomic mass is 35.5. The van der Waals surface area contributed by atoms with Crippen molar-refractivity contribution in [2.45, 2.75) is 38.6 Å². The van der Waals surface area contributed by atoms with Crippen LogP contribution in [0.5, 0.6) is 0 Å². The van der Waals surface area contributed by atoms with Crippen molar-refractivity contribution < 1.29 is 4.39 Å². The maximum atomic E-state index is 13.1. The standard InChI is InChI=1S/C12H17ClFN/c1-8(7-12(2,3)15)10-6-9(14)4-5-11(10)13/h4-6,8H,7,15H2,1-3H3. The largest absolute Gasteiger partial charge is 0.326 e. The van der Waals surface area contributed by atoms with Gasteiger partial charge in [0.25, 0.3) is 0 Å². The zero-order valence-corrected chi connectivity index (χ0v) is 10.1. The maximum absolute atomic E-state index is 13.1. The van der Waals surface area contributed by atoms with E-state index in [0.29, 0.717) is 5.02 Å². The van der Waals surface area contributed by atoms with Gasteiger partial charge in [-0.3, -0.25) is 0 Å². The van der Waals surface area contributed by atoms with Gasteiger partial charge in [0.05, 0.1) is 0 Å². The smallest absolute Gasteiger partial charge is 0.123 e. The number of hydrogen-bond donors (Lipinski definition) is 1. The Balaban J connectivity index is 2.90. The highest BCUT2D eigenvalue weighted by molar-refractivity contribution is 6.31. The third-order valence-electron chi connectivity index (χ3n) is 2.32. The van der Waals surface area contributed by atoms with Crippen LogP contribution in [0, 0.1) is 5.82 Å². The van der Waals surface area contributed by atoms with E-state index >= 15 is 0 Å². The quantitative estimate of drug-likeness (QED) is 0.840. The number of nitrogens with two attached hydrogens (primary N) is 1. The summed E-state index contributed by atoms with van der Waals surface area (Å²) in [6.07, 6.45) is 0.774. The summed E-state index contributed by atoms with van der Waals surface area (Å²) in [6, 6.07) is 4.44. The monoisotopic (exact) mass is 229 g/mol. The molecule has 0 aliphatic carbocycles. The lowest BCUT2D eigenvalue weighted by Gasteiger charge is -2.24. The van der Waals surface area contributed by atoms with Crippen molar-refractivity contribution in [2.75, 3.05) is 0 Å². The van der Waals surface area contributed by atoms with E-state index in [4.69, 9.17) is 17.3 Å². The molecule has 0 spiro atoms. The molecule has 0 aliphatic rings. The van der Waals surface area contributed by atoms with Crippen molar-refractivity contribution in [1.29, 1.82) is 0 Å². The minimum Gasteiger partial charge on any atom is -0.326 e. The van der Waals surface area contributed by atoms with E-state index in [2.05, 4.69) is 0 Å². The van der Waals surface area contributed by atoms with Gasteiger partial charge in [-0.1, -0.05) is 18.5 Å². The minimum atomic E-state index is -0.269. The summed E-state index contributed by atoms with van der Waals surface area (Å²) in [6.45, 7) is 5.92. The van der Waals surface area contributed by atoms with E-state index in [1.807, 2.05) is 20.8 Å². The molecule has 1 rings (SSSR count). The zero-order valence-electron chi connectivity index (χ0n) is 9.35. The second-order valence-electron chi connectivity index (χ2n) is 4.76. The molecule has 84 valence electrons. The number of hydrogen-bond acceptors (Lipinski definition) is 1. The van der Waals surface area contributed by atoms with Crippen molar-refractivity contribution in [3.05, 3.63) is 34.6 Å². The molecule has 2 N–H and O–H groups in total. The van der Waals surface area contributed by atoms with Crippen LogP contribution >= 0.6 is 11.6 Å². The third kappa shape index (κ3) is 3.80. The molecular weight excluding hydrogens is 213 g/mol. The Labute approximate surface area is 95.4 Å². The highest BCUT2D eigenvalue weighted by Crippen LogP contribution is 2.30. The van der Waals surface area contributed by atoms with Gasteiger partial charge in [-0.05, 0) is 49.9 Å². The molecule has 0 amide bonds. The first-order valence-corrected chi connectivity index (χ1v) is 5.41. The average molecular weight is 230 g/mol. The van der Waals surface area contributed by atoms with Crippen molar-refractivity contribution in [1.82, 2.24) is 0 Å². The molecule has 0 saturated heterocycles. The summed E-state index contributed by atoms with van der Waals surface area (Å²) >= 11 is 6.01. The summed E-state index contributed by atoms with van der Waals surface area (Å²) in [5, 5.41) is 0.605. The van der Waals surface area contributed by atoms with E-state index in [-0.39, 0.29) is 17.3 Å². The van der Waals surface area contributed by atoms with Gasteiger partial charge >= 0.3 is 0 Å². The fraction of sp³-hybridized carbons (Fsp3) is 0.500. The fourth-order valence-electron chi connectivity index (χ4n) is 1.79. The van der Waals surface area contributed by atoms with Crippen LogP contribution in [0.15, 0.2) is 18.2 Å². The molecule has 1 unspecified atom stereocenters. The molecule has 1 aromatic rings. The first kappa shape index (κ1) is 12.5. The van der Waals surface area contributed by atoms with Gasteiger partial charge in [0.2, 0.25) is 0 Å². The van der Waals surface area contributed by atoms with Gasteiger partial charge in [0.1, 0.15) is 5.82 Å². The van der Waals surface area contributed by atoms with Crippen LogP contribution in [-0.4, -0.2) is 5.54 Å². The number of benzene rings is 1. The molecular formula is C12H17ClFN. The van der Waals surface area contributed by atoms with Gasteiger partial charge in [-0.2, -0.15) is 0 Å². The lowest BCUT2D eigenvalue weighted by molar-refractivity contribution is 0.436. The Morgan fingerprint density at radius 2 is 2.07 bits per heavy atom. The molecule has 0 heterocycles. The SMILES string of the molecule is CC(CC(C)(C)N)c1cc(F)ccc1Cl. The molecule has 0 aromatic heterocycles. The van der Waals surface area contributed by atoms with Crippen LogP contribution in [0.2, 0.25) is 5.02 Å². The topological polar surface area (TPSA) is 26.0 Å². The maximum Gasteiger partial charge on any atom is 0.123 e. The Morgan fingerprint density at radius 3 is 2.60 bits per heavy atom. The lowest BCUT2D eigenvalue weighted by Crippen LogP contribution is -2.33. The normalized spacial score (nSPS) is 14.0. The second-order valence-corrected chi connectivity index (χ2v) is 5.17. The van der Waals surface area contributed by atoms with Crippen LogP contribution in [0.1, 0.15) is 38.7 Å². The molecule has 15 heavy (non-hydrogen) atoms. The molecule has 3 heteroatoms. The Bertz CT molecular complexity index is 344. The first-order chi connectivity index (χ1) is 6.79. The first-order valence-electron chi connectivity index (χ1n) is 5.03. The number of halogens is 2. The van der Waals surface area contributed by atoms with E-state index in [1.165, 1.54) is 12.1 Å². The summed E-state index contributed by atoms with van der Waals surface area (Å²) in [5.74, 6) is -0.0933. The molecule has 0 radical (unpaired) electrons. The Morgan fingerprint density at radius 1 is 1.47 bits per heavy atom. The zero-order chi connectivity index (χ0) is 11.6. The molecule has 1 nitrogen and oxygen atoms in total. The minimum absolute atomic E-state index is 0.160. The van der Waals surface area contributed by atoms with Crippen molar-refractivity contribution in [2.24, 2.45) is 5.73 Å². The van der Waals surface area contributed by atoms with Crippen molar-refractivity contribution >= 4 is 11.6 Å². The van der Waals surface area contributed by atoms with Gasteiger partial charge in [-0.15, -0.1) is 0 Å². The van der Waals surface area contributed by atoms with Crippen molar-refractivity contribution in [3.63, 3.8) is 0 Å². The summed E-state index contributed by atoms with van der Waals surface area (Å²) < 4.78 is 13.1. The molecule has 0 aliphatic heterocycles. The highest BCUT2D eigenvalue weighted by Gasteiger charge is 2.19. The van der Waals surface area contributed by atoms with Crippen LogP contribution in [-0.2, 0) is 0 Å². The molecule has 0 saturated carbocycles. The van der Waals surface area contributed by atoms with Crippen LogP contribution < -0.4 is 5.73 Å². The van der Waals surface area contributed by atoms with Crippen molar-refractivity contribution in [3.8, 4) is 0 Å². The summed E-state index contributed by atoms with van der Waals surface area (Å²) in [7, 11) is 0. The molecule has 0 bridgehead atoms. The Hall–Kier alpha value is -0.600. The Kier molecular flexibility index (Phi) is 3.74. The van der Waals surface area contributed by atoms with Gasteiger partial charge in [0.15, 0.2) is 0 Å². The van der Waals surface area contributed by atoms with Gasteiger partial charge in [0, 0.05) is 10.6 Å². The van der Waals surface area contributed by atoms with Gasteiger partial charge < -0.3 is 5.73 Å². The average Bonchev–Trinajstić information content (AvgIpc) is 2.06. The summed E-state index contributed by atoms with van der Waals surface area (Å²) in [5.41, 5.74) is 6.49.